The molecule has 1 aromatic rings. The lowest BCUT2D eigenvalue weighted by atomic mass is 10.1. The van der Waals surface area contributed by atoms with Gasteiger partial charge in [0, 0.05) is 24.7 Å². The molecule has 1 aliphatic heterocycles. The van der Waals surface area contributed by atoms with Gasteiger partial charge in [-0.2, -0.15) is 0 Å². The molecule has 0 spiro atoms. The predicted octanol–water partition coefficient (Wildman–Crippen LogP) is 2.51. The Hall–Kier alpha value is -0.350. The lowest BCUT2D eigenvalue weighted by Crippen LogP contribution is -2.42. The van der Waals surface area contributed by atoms with Gasteiger partial charge >= 0.3 is 0 Å². The molecular formula is C12H19Cl2FN2. The minimum Gasteiger partial charge on any atom is -0.315 e. The largest absolute Gasteiger partial charge is 0.315 e. The predicted molar refractivity (Wildman–Crippen MR) is 73.6 cm³/mol. The fraction of sp³-hybridized carbons (Fsp3) is 0.500. The second kappa shape index (κ2) is 8.70. The Labute approximate surface area is 114 Å². The standard InChI is InChI=1S/C12H17FN2.2ClH/c13-12-6-2-1-4-10(12)8-15-11-5-3-7-14-9-11;;/h1-2,4,6,11,14-15H,3,5,7-9H2;2*1H. The lowest BCUT2D eigenvalue weighted by molar-refractivity contribution is 0.386. The molecule has 1 aliphatic rings. The van der Waals surface area contributed by atoms with Gasteiger partial charge in [-0.3, -0.25) is 0 Å². The maximum Gasteiger partial charge on any atom is 0.127 e. The van der Waals surface area contributed by atoms with Crippen molar-refractivity contribution in [3.05, 3.63) is 35.6 Å². The van der Waals surface area contributed by atoms with Gasteiger partial charge < -0.3 is 10.6 Å². The van der Waals surface area contributed by atoms with Gasteiger partial charge in [0.1, 0.15) is 5.82 Å². The first kappa shape index (κ1) is 16.6. The van der Waals surface area contributed by atoms with Crippen LogP contribution in [0.5, 0.6) is 0 Å². The van der Waals surface area contributed by atoms with Crippen LogP contribution in [0.2, 0.25) is 0 Å². The zero-order valence-electron chi connectivity index (χ0n) is 9.62. The highest BCUT2D eigenvalue weighted by molar-refractivity contribution is 5.85. The topological polar surface area (TPSA) is 24.1 Å². The number of hydrogen-bond acceptors (Lipinski definition) is 2. The Morgan fingerprint density at radius 2 is 2.06 bits per heavy atom. The first-order chi connectivity index (χ1) is 7.36. The molecule has 1 atom stereocenters. The van der Waals surface area contributed by atoms with Gasteiger partial charge in [0.15, 0.2) is 0 Å². The zero-order chi connectivity index (χ0) is 10.5. The van der Waals surface area contributed by atoms with Gasteiger partial charge in [-0.05, 0) is 25.5 Å². The third-order valence-electron chi connectivity index (χ3n) is 2.84. The van der Waals surface area contributed by atoms with E-state index in [4.69, 9.17) is 0 Å². The molecule has 2 nitrogen and oxygen atoms in total. The van der Waals surface area contributed by atoms with E-state index in [-0.39, 0.29) is 30.6 Å². The highest BCUT2D eigenvalue weighted by atomic mass is 35.5. The van der Waals surface area contributed by atoms with Gasteiger partial charge in [0.05, 0.1) is 0 Å². The van der Waals surface area contributed by atoms with E-state index in [2.05, 4.69) is 10.6 Å². The van der Waals surface area contributed by atoms with Gasteiger partial charge in [-0.25, -0.2) is 4.39 Å². The summed E-state index contributed by atoms with van der Waals surface area (Å²) in [7, 11) is 0. The van der Waals surface area contributed by atoms with Crippen LogP contribution in [0, 0.1) is 5.82 Å². The van der Waals surface area contributed by atoms with Gasteiger partial charge in [-0.1, -0.05) is 18.2 Å². The van der Waals surface area contributed by atoms with Crippen LogP contribution >= 0.6 is 24.8 Å². The molecule has 2 N–H and O–H groups in total. The molecule has 0 aromatic heterocycles. The summed E-state index contributed by atoms with van der Waals surface area (Å²) < 4.78 is 13.3. The second-order valence-corrected chi connectivity index (χ2v) is 4.02. The lowest BCUT2D eigenvalue weighted by Gasteiger charge is -2.23. The third-order valence-corrected chi connectivity index (χ3v) is 2.84. The molecule has 98 valence electrons. The minimum absolute atomic E-state index is 0. The Bertz CT molecular complexity index is 317. The van der Waals surface area contributed by atoms with Crippen LogP contribution in [0.3, 0.4) is 0 Å². The average Bonchev–Trinajstić information content (AvgIpc) is 2.29. The maximum absolute atomic E-state index is 13.3. The molecule has 0 radical (unpaired) electrons. The summed E-state index contributed by atoms with van der Waals surface area (Å²) in [5, 5.41) is 6.71. The van der Waals surface area contributed by atoms with Crippen molar-refractivity contribution >= 4 is 24.8 Å². The van der Waals surface area contributed by atoms with Crippen molar-refractivity contribution in [2.24, 2.45) is 0 Å². The summed E-state index contributed by atoms with van der Waals surface area (Å²) >= 11 is 0. The molecular weight excluding hydrogens is 262 g/mol. The van der Waals surface area contributed by atoms with Crippen LogP contribution in [0.4, 0.5) is 4.39 Å². The highest BCUT2D eigenvalue weighted by Gasteiger charge is 2.12. The van der Waals surface area contributed by atoms with Gasteiger partial charge in [-0.15, -0.1) is 24.8 Å². The van der Waals surface area contributed by atoms with Crippen LogP contribution in [0.25, 0.3) is 0 Å². The van der Waals surface area contributed by atoms with E-state index in [1.165, 1.54) is 18.9 Å². The van der Waals surface area contributed by atoms with Crippen molar-refractivity contribution in [1.82, 2.24) is 10.6 Å². The van der Waals surface area contributed by atoms with Crippen LogP contribution in [0.1, 0.15) is 18.4 Å². The zero-order valence-corrected chi connectivity index (χ0v) is 11.2. The number of benzene rings is 1. The summed E-state index contributed by atoms with van der Waals surface area (Å²) in [6, 6.07) is 7.42. The monoisotopic (exact) mass is 280 g/mol. The quantitative estimate of drug-likeness (QED) is 0.889. The molecule has 0 bridgehead atoms. The summed E-state index contributed by atoms with van der Waals surface area (Å²) in [6.45, 7) is 2.73. The van der Waals surface area contributed by atoms with E-state index in [1.807, 2.05) is 12.1 Å². The van der Waals surface area contributed by atoms with Crippen molar-refractivity contribution in [3.8, 4) is 0 Å². The van der Waals surface area contributed by atoms with E-state index < -0.39 is 0 Å². The molecule has 1 saturated heterocycles. The molecule has 1 aromatic carbocycles. The molecule has 1 heterocycles. The molecule has 17 heavy (non-hydrogen) atoms. The Morgan fingerprint density at radius 3 is 2.71 bits per heavy atom. The van der Waals surface area contributed by atoms with Crippen LogP contribution in [0.15, 0.2) is 24.3 Å². The fourth-order valence-electron chi connectivity index (χ4n) is 1.92. The highest BCUT2D eigenvalue weighted by Crippen LogP contribution is 2.07. The molecule has 5 heteroatoms. The van der Waals surface area contributed by atoms with Crippen molar-refractivity contribution in [3.63, 3.8) is 0 Å². The first-order valence-corrected chi connectivity index (χ1v) is 5.54. The summed E-state index contributed by atoms with van der Waals surface area (Å²) in [5.41, 5.74) is 0.753. The number of hydrogen-bond donors (Lipinski definition) is 2. The molecule has 1 unspecified atom stereocenters. The van der Waals surface area contributed by atoms with E-state index in [9.17, 15) is 4.39 Å². The molecule has 0 saturated carbocycles. The van der Waals surface area contributed by atoms with Crippen LogP contribution in [-0.2, 0) is 6.54 Å². The Balaban J connectivity index is 0.00000128. The number of halogens is 3. The summed E-state index contributed by atoms with van der Waals surface area (Å²) in [5.74, 6) is -0.117. The Morgan fingerprint density at radius 1 is 1.29 bits per heavy atom. The smallest absolute Gasteiger partial charge is 0.127 e. The van der Waals surface area contributed by atoms with E-state index >= 15 is 0 Å². The fourth-order valence-corrected chi connectivity index (χ4v) is 1.92. The number of piperidine rings is 1. The molecule has 2 rings (SSSR count). The van der Waals surface area contributed by atoms with E-state index in [0.29, 0.717) is 12.6 Å². The molecule has 1 fully saturated rings. The SMILES string of the molecule is Cl.Cl.Fc1ccccc1CNC1CCCNC1. The first-order valence-electron chi connectivity index (χ1n) is 5.54. The molecule has 0 amide bonds. The van der Waals surface area contributed by atoms with Gasteiger partial charge in [0.2, 0.25) is 0 Å². The van der Waals surface area contributed by atoms with E-state index in [0.717, 1.165) is 18.7 Å². The molecule has 0 aliphatic carbocycles. The van der Waals surface area contributed by atoms with Crippen LogP contribution in [-0.4, -0.2) is 19.1 Å². The number of rotatable bonds is 3. The normalized spacial score (nSPS) is 19.0. The van der Waals surface area contributed by atoms with Crippen molar-refractivity contribution in [2.45, 2.75) is 25.4 Å². The van der Waals surface area contributed by atoms with Crippen LogP contribution < -0.4 is 10.6 Å². The minimum atomic E-state index is -0.117. The summed E-state index contributed by atoms with van der Waals surface area (Å²) in [6.07, 6.45) is 2.39. The number of nitrogens with one attached hydrogen (secondary N) is 2. The Kier molecular flexibility index (Phi) is 8.52. The summed E-state index contributed by atoms with van der Waals surface area (Å²) in [4.78, 5) is 0. The van der Waals surface area contributed by atoms with Crippen molar-refractivity contribution in [1.29, 1.82) is 0 Å². The van der Waals surface area contributed by atoms with Crippen molar-refractivity contribution < 1.29 is 4.39 Å². The van der Waals surface area contributed by atoms with Crippen molar-refractivity contribution in [2.75, 3.05) is 13.1 Å². The maximum atomic E-state index is 13.3. The third kappa shape index (κ3) is 5.21. The second-order valence-electron chi connectivity index (χ2n) is 4.02. The van der Waals surface area contributed by atoms with Gasteiger partial charge in [0.25, 0.3) is 0 Å². The average molecular weight is 281 g/mol. The van der Waals surface area contributed by atoms with E-state index in [1.54, 1.807) is 6.07 Å².